The second-order valence-corrected chi connectivity index (χ2v) is 8.97. The quantitative estimate of drug-likeness (QED) is 0.780. The fourth-order valence-electron chi connectivity index (χ4n) is 3.07. The summed E-state index contributed by atoms with van der Waals surface area (Å²) in [4.78, 5) is 12.7. The molecule has 0 radical (unpaired) electrons. The molecule has 156 valence electrons. The van der Waals surface area contributed by atoms with Gasteiger partial charge in [-0.1, -0.05) is 18.2 Å². The lowest BCUT2D eigenvalue weighted by molar-refractivity contribution is -0.122. The lowest BCUT2D eigenvalue weighted by Gasteiger charge is -2.27. The predicted molar refractivity (Wildman–Crippen MR) is 111 cm³/mol. The normalized spacial score (nSPS) is 16.2. The highest BCUT2D eigenvalue weighted by Gasteiger charge is 2.28. The van der Waals surface area contributed by atoms with Crippen molar-refractivity contribution in [2.24, 2.45) is 0 Å². The van der Waals surface area contributed by atoms with Crippen molar-refractivity contribution in [1.82, 2.24) is 4.31 Å². The molecule has 0 aromatic heterocycles. The summed E-state index contributed by atoms with van der Waals surface area (Å²) in [5.41, 5.74) is 2.07. The minimum absolute atomic E-state index is 0.185. The molecular formula is C21H26N2O5S. The Morgan fingerprint density at radius 1 is 1.14 bits per heavy atom. The molecule has 8 heteroatoms. The van der Waals surface area contributed by atoms with E-state index in [0.717, 1.165) is 5.56 Å². The first-order valence-electron chi connectivity index (χ1n) is 9.50. The van der Waals surface area contributed by atoms with Gasteiger partial charge in [0.15, 0.2) is 6.10 Å². The second kappa shape index (κ2) is 8.94. The average Bonchev–Trinajstić information content (AvgIpc) is 2.70. The van der Waals surface area contributed by atoms with E-state index in [1.54, 1.807) is 32.0 Å². The van der Waals surface area contributed by atoms with Gasteiger partial charge in [0.25, 0.3) is 5.91 Å². The molecule has 1 N–H and O–H groups in total. The Kier molecular flexibility index (Phi) is 6.56. The highest BCUT2D eigenvalue weighted by atomic mass is 32.2. The Balaban J connectivity index is 1.74. The lowest BCUT2D eigenvalue weighted by Crippen LogP contribution is -2.40. The smallest absolute Gasteiger partial charge is 0.265 e. The molecule has 1 aliphatic heterocycles. The molecule has 1 heterocycles. The van der Waals surface area contributed by atoms with E-state index in [9.17, 15) is 13.2 Å². The second-order valence-electron chi connectivity index (χ2n) is 7.06. The van der Waals surface area contributed by atoms with E-state index in [-0.39, 0.29) is 10.8 Å². The molecule has 1 atom stereocenters. The third-order valence-corrected chi connectivity index (χ3v) is 6.76. The van der Waals surface area contributed by atoms with Gasteiger partial charge in [0, 0.05) is 18.8 Å². The largest absolute Gasteiger partial charge is 0.481 e. The van der Waals surface area contributed by atoms with Gasteiger partial charge in [0.1, 0.15) is 5.75 Å². The minimum atomic E-state index is -3.65. The molecule has 1 saturated heterocycles. The van der Waals surface area contributed by atoms with Crippen LogP contribution in [0.2, 0.25) is 0 Å². The number of sulfonamides is 1. The number of anilines is 1. The van der Waals surface area contributed by atoms with E-state index < -0.39 is 16.1 Å². The number of nitrogens with zero attached hydrogens (tertiary/aromatic N) is 1. The monoisotopic (exact) mass is 418 g/mol. The number of morpholine rings is 1. The molecule has 0 aliphatic carbocycles. The molecule has 1 fully saturated rings. The van der Waals surface area contributed by atoms with E-state index in [1.807, 2.05) is 25.1 Å². The van der Waals surface area contributed by atoms with Crippen LogP contribution >= 0.6 is 0 Å². The zero-order valence-corrected chi connectivity index (χ0v) is 17.7. The van der Waals surface area contributed by atoms with Crippen molar-refractivity contribution in [3.63, 3.8) is 0 Å². The van der Waals surface area contributed by atoms with Crippen molar-refractivity contribution in [2.75, 3.05) is 31.6 Å². The van der Waals surface area contributed by atoms with Crippen molar-refractivity contribution >= 4 is 21.6 Å². The van der Waals surface area contributed by atoms with Crippen LogP contribution in [0.4, 0.5) is 5.69 Å². The molecule has 1 aliphatic rings. The van der Waals surface area contributed by atoms with Crippen LogP contribution in [0.15, 0.2) is 47.4 Å². The zero-order valence-electron chi connectivity index (χ0n) is 16.8. The maximum atomic E-state index is 13.0. The lowest BCUT2D eigenvalue weighted by atomic mass is 10.2. The molecule has 2 aromatic rings. The van der Waals surface area contributed by atoms with Crippen molar-refractivity contribution in [3.8, 4) is 5.75 Å². The van der Waals surface area contributed by atoms with Crippen LogP contribution in [0.3, 0.4) is 0 Å². The third kappa shape index (κ3) is 5.14. The van der Waals surface area contributed by atoms with Crippen LogP contribution in [0, 0.1) is 13.8 Å². The molecule has 0 saturated carbocycles. The van der Waals surface area contributed by atoms with Crippen molar-refractivity contribution in [3.05, 3.63) is 53.6 Å². The van der Waals surface area contributed by atoms with Crippen LogP contribution in [-0.2, 0) is 19.6 Å². The van der Waals surface area contributed by atoms with Gasteiger partial charge < -0.3 is 14.8 Å². The molecule has 29 heavy (non-hydrogen) atoms. The fraction of sp³-hybridized carbons (Fsp3) is 0.381. The number of hydrogen-bond donors (Lipinski definition) is 1. The number of rotatable bonds is 6. The first kappa shape index (κ1) is 21.3. The van der Waals surface area contributed by atoms with Gasteiger partial charge >= 0.3 is 0 Å². The van der Waals surface area contributed by atoms with Gasteiger partial charge in [-0.25, -0.2) is 8.42 Å². The molecule has 0 spiro atoms. The predicted octanol–water partition coefficient (Wildman–Crippen LogP) is 2.73. The SMILES string of the molecule is Cc1cccc(OC(C)C(=O)Nc2ccc(C)c(S(=O)(=O)N3CCOCC3)c2)c1. The number of amides is 1. The maximum absolute atomic E-state index is 13.0. The molecule has 0 bridgehead atoms. The van der Waals surface area contributed by atoms with E-state index in [2.05, 4.69) is 5.32 Å². The van der Waals surface area contributed by atoms with Gasteiger partial charge in [-0.05, 0) is 56.2 Å². The first-order valence-corrected chi connectivity index (χ1v) is 10.9. The van der Waals surface area contributed by atoms with Gasteiger partial charge in [-0.3, -0.25) is 4.79 Å². The minimum Gasteiger partial charge on any atom is -0.481 e. The Morgan fingerprint density at radius 3 is 2.55 bits per heavy atom. The average molecular weight is 419 g/mol. The first-order chi connectivity index (χ1) is 13.8. The zero-order chi connectivity index (χ0) is 21.0. The summed E-state index contributed by atoms with van der Waals surface area (Å²) in [6, 6.07) is 12.3. The molecule has 1 unspecified atom stereocenters. The maximum Gasteiger partial charge on any atom is 0.265 e. The Morgan fingerprint density at radius 2 is 1.86 bits per heavy atom. The summed E-state index contributed by atoms with van der Waals surface area (Å²) in [6.07, 6.45) is -0.739. The van der Waals surface area contributed by atoms with Gasteiger partial charge in [0.2, 0.25) is 10.0 Å². The summed E-state index contributed by atoms with van der Waals surface area (Å²) in [5, 5.41) is 2.75. The van der Waals surface area contributed by atoms with Crippen LogP contribution in [0.1, 0.15) is 18.1 Å². The highest BCUT2D eigenvalue weighted by molar-refractivity contribution is 7.89. The van der Waals surface area contributed by atoms with Gasteiger partial charge in [-0.15, -0.1) is 0 Å². The summed E-state index contributed by atoms with van der Waals surface area (Å²) in [6.45, 7) is 6.73. The van der Waals surface area contributed by atoms with Crippen molar-refractivity contribution in [1.29, 1.82) is 0 Å². The Bertz CT molecular complexity index is 984. The highest BCUT2D eigenvalue weighted by Crippen LogP contribution is 2.25. The number of ether oxygens (including phenoxy) is 2. The Hall–Kier alpha value is -2.42. The van der Waals surface area contributed by atoms with Crippen LogP contribution < -0.4 is 10.1 Å². The van der Waals surface area contributed by atoms with Gasteiger partial charge in [-0.2, -0.15) is 4.31 Å². The third-order valence-electron chi connectivity index (χ3n) is 4.72. The van der Waals surface area contributed by atoms with E-state index in [0.29, 0.717) is 43.3 Å². The molecule has 1 amide bonds. The van der Waals surface area contributed by atoms with E-state index >= 15 is 0 Å². The van der Waals surface area contributed by atoms with Crippen LogP contribution in [0.5, 0.6) is 5.75 Å². The summed E-state index contributed by atoms with van der Waals surface area (Å²) >= 11 is 0. The van der Waals surface area contributed by atoms with Crippen molar-refractivity contribution < 1.29 is 22.7 Å². The summed E-state index contributed by atoms with van der Waals surface area (Å²) in [5.74, 6) is 0.247. The van der Waals surface area contributed by atoms with Crippen LogP contribution in [0.25, 0.3) is 0 Å². The number of carbonyl (C=O) groups excluding carboxylic acids is 1. The topological polar surface area (TPSA) is 84.9 Å². The number of carbonyl (C=O) groups is 1. The van der Waals surface area contributed by atoms with Crippen molar-refractivity contribution in [2.45, 2.75) is 31.8 Å². The Labute approximate surface area is 171 Å². The number of nitrogens with one attached hydrogen (secondary N) is 1. The van der Waals surface area contributed by atoms with E-state index in [1.165, 1.54) is 10.4 Å². The molecule has 2 aromatic carbocycles. The summed E-state index contributed by atoms with van der Waals surface area (Å²) in [7, 11) is -3.65. The standard InChI is InChI=1S/C21H26N2O5S/c1-15-5-4-6-19(13-15)28-17(3)21(24)22-18-8-7-16(2)20(14-18)29(25,26)23-9-11-27-12-10-23/h4-8,13-14,17H,9-12H2,1-3H3,(H,22,24). The fourth-order valence-corrected chi connectivity index (χ4v) is 4.73. The summed E-state index contributed by atoms with van der Waals surface area (Å²) < 4.78 is 38.3. The van der Waals surface area contributed by atoms with E-state index in [4.69, 9.17) is 9.47 Å². The number of benzene rings is 2. The molecule has 3 rings (SSSR count). The van der Waals surface area contributed by atoms with Gasteiger partial charge in [0.05, 0.1) is 18.1 Å². The molecule has 7 nitrogen and oxygen atoms in total. The number of hydrogen-bond acceptors (Lipinski definition) is 5. The van der Waals surface area contributed by atoms with Crippen LogP contribution in [-0.4, -0.2) is 51.0 Å². The molecular weight excluding hydrogens is 392 g/mol. The number of aryl methyl sites for hydroxylation is 2.